The van der Waals surface area contributed by atoms with Crippen LogP contribution in [0.25, 0.3) is 11.0 Å². The Hall–Kier alpha value is -2.11. The summed E-state index contributed by atoms with van der Waals surface area (Å²) in [6.45, 7) is 12.9. The number of fused-ring (bicyclic) bond motifs is 6. The standard InChI is InChI=1S/C33H44O5/c1-17(2)28-15-22-20(7-8-26(35)30(22)38-28)21-14-23-24-10-12-33(37,18(3)4)32(24,6)16-27(36)29(23)31(5)11-9-19(34)13-25(21)31/h7-8,13,15,17-18,21,23-24,27,29,35-37H,9-12,14,16H2,1-6H3/t21?,23-,24?,27-,29+,31-,32-,33-/m0/s1. The number of benzene rings is 1. The summed E-state index contributed by atoms with van der Waals surface area (Å²) in [4.78, 5) is 12.9. The maximum absolute atomic E-state index is 12.9. The third-order valence-corrected chi connectivity index (χ3v) is 11.8. The lowest BCUT2D eigenvalue weighted by Gasteiger charge is -2.62. The van der Waals surface area contributed by atoms with Crippen LogP contribution >= 0.6 is 0 Å². The van der Waals surface area contributed by atoms with E-state index in [2.05, 4.69) is 47.6 Å². The van der Waals surface area contributed by atoms with E-state index in [0.717, 1.165) is 48.0 Å². The zero-order valence-corrected chi connectivity index (χ0v) is 23.8. The third-order valence-electron chi connectivity index (χ3n) is 11.8. The van der Waals surface area contributed by atoms with Gasteiger partial charge >= 0.3 is 0 Å². The fourth-order valence-corrected chi connectivity index (χ4v) is 9.79. The van der Waals surface area contributed by atoms with Gasteiger partial charge in [0.15, 0.2) is 17.1 Å². The van der Waals surface area contributed by atoms with Crippen molar-refractivity contribution >= 4 is 16.8 Å². The molecule has 206 valence electrons. The van der Waals surface area contributed by atoms with Crippen molar-refractivity contribution in [2.45, 2.75) is 104 Å². The Morgan fingerprint density at radius 1 is 1.11 bits per heavy atom. The first-order valence-electron chi connectivity index (χ1n) is 14.7. The summed E-state index contributed by atoms with van der Waals surface area (Å²) in [5.74, 6) is 2.05. The van der Waals surface area contributed by atoms with E-state index >= 15 is 0 Å². The minimum Gasteiger partial charge on any atom is -0.504 e. The molecule has 1 aromatic heterocycles. The Morgan fingerprint density at radius 2 is 1.84 bits per heavy atom. The second kappa shape index (κ2) is 8.44. The highest BCUT2D eigenvalue weighted by atomic mass is 16.4. The van der Waals surface area contributed by atoms with Gasteiger partial charge in [-0.15, -0.1) is 0 Å². The summed E-state index contributed by atoms with van der Waals surface area (Å²) >= 11 is 0. The highest BCUT2D eigenvalue weighted by Crippen LogP contribution is 2.70. The lowest BCUT2D eigenvalue weighted by atomic mass is 9.43. The predicted octanol–water partition coefficient (Wildman–Crippen LogP) is 6.85. The number of carbonyl (C=O) groups is 1. The molecule has 4 aliphatic rings. The van der Waals surface area contributed by atoms with Crippen LogP contribution < -0.4 is 0 Å². The fourth-order valence-electron chi connectivity index (χ4n) is 9.79. The molecule has 0 spiro atoms. The number of phenols is 1. The van der Waals surface area contributed by atoms with E-state index in [4.69, 9.17) is 4.42 Å². The van der Waals surface area contributed by atoms with E-state index in [9.17, 15) is 20.1 Å². The molecule has 6 rings (SSSR count). The topological polar surface area (TPSA) is 90.9 Å². The molecule has 0 amide bonds. The Balaban J connectivity index is 1.53. The van der Waals surface area contributed by atoms with E-state index in [1.165, 1.54) is 0 Å². The Morgan fingerprint density at radius 3 is 2.53 bits per heavy atom. The smallest absolute Gasteiger partial charge is 0.176 e. The summed E-state index contributed by atoms with van der Waals surface area (Å²) < 4.78 is 6.13. The molecule has 3 N–H and O–H groups in total. The Kier molecular flexibility index (Phi) is 5.81. The van der Waals surface area contributed by atoms with Crippen LogP contribution in [-0.4, -0.2) is 32.8 Å². The Labute approximate surface area is 226 Å². The number of furan rings is 1. The highest BCUT2D eigenvalue weighted by molar-refractivity contribution is 5.93. The zero-order valence-electron chi connectivity index (χ0n) is 23.8. The molecule has 0 radical (unpaired) electrons. The average Bonchev–Trinajstić information content (AvgIpc) is 3.41. The molecule has 0 saturated heterocycles. The number of aliphatic hydroxyl groups excluding tert-OH is 1. The monoisotopic (exact) mass is 520 g/mol. The van der Waals surface area contributed by atoms with Gasteiger partial charge in [-0.1, -0.05) is 53.2 Å². The summed E-state index contributed by atoms with van der Waals surface area (Å²) in [5.41, 5.74) is 1.31. The summed E-state index contributed by atoms with van der Waals surface area (Å²) in [6, 6.07) is 5.81. The van der Waals surface area contributed by atoms with Gasteiger partial charge in [0.2, 0.25) is 0 Å². The van der Waals surface area contributed by atoms with Gasteiger partial charge in [-0.3, -0.25) is 4.79 Å². The first kappa shape index (κ1) is 26.1. The van der Waals surface area contributed by atoms with Crippen LogP contribution in [-0.2, 0) is 4.79 Å². The van der Waals surface area contributed by atoms with Gasteiger partial charge in [0.25, 0.3) is 0 Å². The molecule has 0 aliphatic heterocycles. The number of hydrogen-bond donors (Lipinski definition) is 3. The molecule has 0 bridgehead atoms. The van der Waals surface area contributed by atoms with Crippen LogP contribution in [0.15, 0.2) is 34.3 Å². The maximum Gasteiger partial charge on any atom is 0.176 e. The normalized spacial score (nSPS) is 40.8. The zero-order chi connectivity index (χ0) is 27.4. The van der Waals surface area contributed by atoms with E-state index in [1.807, 2.05) is 12.1 Å². The van der Waals surface area contributed by atoms with Crippen molar-refractivity contribution in [1.82, 2.24) is 0 Å². The van der Waals surface area contributed by atoms with Crippen molar-refractivity contribution in [3.63, 3.8) is 0 Å². The first-order valence-corrected chi connectivity index (χ1v) is 14.7. The molecule has 2 unspecified atom stereocenters. The van der Waals surface area contributed by atoms with Crippen LogP contribution in [0, 0.1) is 34.5 Å². The van der Waals surface area contributed by atoms with Crippen molar-refractivity contribution in [3.8, 4) is 5.75 Å². The minimum absolute atomic E-state index is 0.00601. The molecular formula is C33H44O5. The average molecular weight is 521 g/mol. The van der Waals surface area contributed by atoms with Crippen molar-refractivity contribution in [2.75, 3.05) is 0 Å². The number of carbonyl (C=O) groups excluding carboxylic acids is 1. The van der Waals surface area contributed by atoms with Crippen molar-refractivity contribution < 1.29 is 24.5 Å². The van der Waals surface area contributed by atoms with E-state index < -0.39 is 11.7 Å². The molecule has 1 heterocycles. The van der Waals surface area contributed by atoms with Crippen LogP contribution in [0.3, 0.4) is 0 Å². The van der Waals surface area contributed by atoms with Gasteiger partial charge < -0.3 is 19.7 Å². The number of allylic oxidation sites excluding steroid dienone is 1. The molecule has 38 heavy (non-hydrogen) atoms. The van der Waals surface area contributed by atoms with E-state index in [0.29, 0.717) is 24.3 Å². The largest absolute Gasteiger partial charge is 0.504 e. The van der Waals surface area contributed by atoms with Crippen LogP contribution in [0.1, 0.15) is 103 Å². The number of aliphatic hydroxyl groups is 2. The van der Waals surface area contributed by atoms with Gasteiger partial charge in [0.1, 0.15) is 5.76 Å². The Bertz CT molecular complexity index is 1320. The van der Waals surface area contributed by atoms with Gasteiger partial charge in [-0.25, -0.2) is 0 Å². The SMILES string of the molecule is CC(C)c1cc2c(C3C[C@H]4C5CC[C@](O)(C(C)C)[C@@]5(C)C[C@H](O)[C@@H]4[C@@]4(C)CCC(=O)C=C34)ccc(O)c2o1. The molecule has 2 aromatic rings. The first-order chi connectivity index (χ1) is 17.8. The van der Waals surface area contributed by atoms with E-state index in [1.54, 1.807) is 6.07 Å². The molecule has 3 saturated carbocycles. The second-order valence-electron chi connectivity index (χ2n) is 14.1. The van der Waals surface area contributed by atoms with Crippen LogP contribution in [0.4, 0.5) is 0 Å². The van der Waals surface area contributed by atoms with Crippen molar-refractivity contribution in [1.29, 1.82) is 0 Å². The molecule has 4 aliphatic carbocycles. The number of hydrogen-bond acceptors (Lipinski definition) is 5. The molecule has 1 aromatic carbocycles. The van der Waals surface area contributed by atoms with Crippen molar-refractivity contribution in [2.24, 2.45) is 34.5 Å². The molecule has 8 atom stereocenters. The molecule has 3 fully saturated rings. The van der Waals surface area contributed by atoms with E-state index in [-0.39, 0.29) is 52.0 Å². The maximum atomic E-state index is 12.9. The van der Waals surface area contributed by atoms with Gasteiger partial charge in [0.05, 0.1) is 11.7 Å². The van der Waals surface area contributed by atoms with Crippen LogP contribution in [0.2, 0.25) is 0 Å². The van der Waals surface area contributed by atoms with Gasteiger partial charge in [-0.05, 0) is 85.0 Å². The fraction of sp³-hybridized carbons (Fsp3) is 0.667. The lowest BCUT2D eigenvalue weighted by molar-refractivity contribution is -0.185. The van der Waals surface area contributed by atoms with Gasteiger partial charge in [-0.2, -0.15) is 0 Å². The quantitative estimate of drug-likeness (QED) is 0.412. The predicted molar refractivity (Wildman–Crippen MR) is 148 cm³/mol. The minimum atomic E-state index is -0.790. The third kappa shape index (κ3) is 3.33. The number of phenolic OH excluding ortho intramolecular Hbond substituents is 1. The van der Waals surface area contributed by atoms with Gasteiger partial charge in [0, 0.05) is 29.1 Å². The molecular weight excluding hydrogens is 476 g/mol. The second-order valence-corrected chi connectivity index (χ2v) is 14.1. The lowest BCUT2D eigenvalue weighted by Crippen LogP contribution is -2.61. The summed E-state index contributed by atoms with van der Waals surface area (Å²) in [5, 5.41) is 35.4. The van der Waals surface area contributed by atoms with Crippen LogP contribution in [0.5, 0.6) is 5.75 Å². The summed E-state index contributed by atoms with van der Waals surface area (Å²) in [7, 11) is 0. The summed E-state index contributed by atoms with van der Waals surface area (Å²) in [6.07, 6.45) is 5.79. The number of rotatable bonds is 3. The highest BCUT2D eigenvalue weighted by Gasteiger charge is 2.67. The molecule has 5 nitrogen and oxygen atoms in total. The number of ketones is 1. The number of aromatic hydroxyl groups is 1. The molecule has 5 heteroatoms. The van der Waals surface area contributed by atoms with Crippen molar-refractivity contribution in [3.05, 3.63) is 41.2 Å².